The Morgan fingerprint density at radius 3 is 2.41 bits per heavy atom. The number of nitrogens with zero attached hydrogens (tertiary/aromatic N) is 4. The molecule has 1 N–H and O–H groups in total. The smallest absolute Gasteiger partial charge is 0.416 e. The topological polar surface area (TPSA) is 105 Å². The summed E-state index contributed by atoms with van der Waals surface area (Å²) in [6.45, 7) is 1.86. The molecule has 0 atom stereocenters. The number of carbonyl (C=O) groups is 1. The van der Waals surface area contributed by atoms with Gasteiger partial charge in [-0.05, 0) is 37.3 Å². The predicted molar refractivity (Wildman–Crippen MR) is 115 cm³/mol. The lowest BCUT2D eigenvalue weighted by atomic mass is 10.1. The maximum absolute atomic E-state index is 12.9. The summed E-state index contributed by atoms with van der Waals surface area (Å²) in [6, 6.07) is 10.5. The lowest BCUT2D eigenvalue weighted by Gasteiger charge is -2.14. The lowest BCUT2D eigenvalue weighted by Crippen LogP contribution is -2.24. The number of carboxylic acids is 1. The van der Waals surface area contributed by atoms with E-state index in [1.807, 2.05) is 13.1 Å². The van der Waals surface area contributed by atoms with E-state index in [2.05, 4.69) is 20.3 Å². The number of imidazole rings is 1. The Hall–Kier alpha value is -4.41. The van der Waals surface area contributed by atoms with Crippen LogP contribution in [0.15, 0.2) is 61.1 Å². The molecule has 0 spiro atoms. The van der Waals surface area contributed by atoms with Gasteiger partial charge < -0.3 is 24.5 Å². The first-order valence-electron chi connectivity index (χ1n) is 9.88. The molecule has 0 saturated carbocycles. The molecule has 174 valence electrons. The maximum atomic E-state index is 12.9. The fraction of sp³-hybridized carbons (Fsp3) is 0.130. The monoisotopic (exact) mass is 468 g/mol. The van der Waals surface area contributed by atoms with Gasteiger partial charge in [0.25, 0.3) is 0 Å². The number of ether oxygens (including phenoxy) is 1. The fourth-order valence-electron chi connectivity index (χ4n) is 3.24. The summed E-state index contributed by atoms with van der Waals surface area (Å²) in [5.74, 6) is -1.13. The summed E-state index contributed by atoms with van der Waals surface area (Å²) in [5.41, 5.74) is 1.18. The third kappa shape index (κ3) is 4.82. The maximum Gasteiger partial charge on any atom is 0.416 e. The molecule has 0 saturated heterocycles. The van der Waals surface area contributed by atoms with Crippen LogP contribution in [0.1, 0.15) is 21.7 Å². The molecule has 0 aliphatic heterocycles. The number of alkyl halides is 3. The minimum atomic E-state index is -4.49. The van der Waals surface area contributed by atoms with Crippen LogP contribution >= 0.6 is 0 Å². The first kappa shape index (κ1) is 22.8. The molecule has 11 heteroatoms. The average Bonchev–Trinajstić information content (AvgIpc) is 3.24. The summed E-state index contributed by atoms with van der Waals surface area (Å²) in [5, 5.41) is 14.4. The van der Waals surface area contributed by atoms with Crippen LogP contribution in [0.2, 0.25) is 0 Å². The van der Waals surface area contributed by atoms with E-state index < -0.39 is 23.4 Å². The number of nitrogens with one attached hydrogen (secondary N) is 1. The molecule has 8 nitrogen and oxygen atoms in total. The van der Waals surface area contributed by atoms with E-state index in [-0.39, 0.29) is 17.2 Å². The van der Waals surface area contributed by atoms with Crippen molar-refractivity contribution < 1.29 is 27.8 Å². The first-order valence-corrected chi connectivity index (χ1v) is 9.88. The molecule has 0 unspecified atom stereocenters. The van der Waals surface area contributed by atoms with Crippen LogP contribution in [-0.2, 0) is 6.18 Å². The predicted octanol–water partition coefficient (Wildman–Crippen LogP) is 3.77. The Morgan fingerprint density at radius 1 is 1.09 bits per heavy atom. The molecule has 0 fully saturated rings. The van der Waals surface area contributed by atoms with Crippen LogP contribution in [0.25, 0.3) is 16.9 Å². The fourth-order valence-corrected chi connectivity index (χ4v) is 3.24. The Balaban J connectivity index is 1.68. The highest BCUT2D eigenvalue weighted by Gasteiger charge is 2.30. The van der Waals surface area contributed by atoms with Gasteiger partial charge in [-0.1, -0.05) is 12.1 Å². The number of anilines is 2. The molecule has 2 heterocycles. The highest BCUT2D eigenvalue weighted by molar-refractivity contribution is 5.85. The summed E-state index contributed by atoms with van der Waals surface area (Å²) in [7, 11) is 1.50. The quantitative estimate of drug-likeness (QED) is 0.459. The Kier molecular flexibility index (Phi) is 5.93. The zero-order valence-electron chi connectivity index (χ0n) is 17.9. The van der Waals surface area contributed by atoms with Crippen molar-refractivity contribution in [2.24, 2.45) is 0 Å². The number of aromatic carboxylic acids is 1. The average molecular weight is 468 g/mol. The van der Waals surface area contributed by atoms with Crippen LogP contribution in [-0.4, -0.2) is 32.6 Å². The number of aryl methyl sites for hydroxylation is 1. The van der Waals surface area contributed by atoms with E-state index in [1.54, 1.807) is 29.1 Å². The Bertz CT molecular complexity index is 1350. The highest BCUT2D eigenvalue weighted by Crippen LogP contribution is 2.32. The Labute approximate surface area is 191 Å². The van der Waals surface area contributed by atoms with Crippen molar-refractivity contribution in [3.05, 3.63) is 78.0 Å². The van der Waals surface area contributed by atoms with Crippen molar-refractivity contribution in [2.75, 3.05) is 12.4 Å². The molecule has 2 aromatic heterocycles. The SMILES string of the molecule is COc1cc(Nc2nc(C(=O)[O-])cc(-c3ccc(C(F)(F)F)cc3)n2)ccc1-n1cnc(C)c1. The summed E-state index contributed by atoms with van der Waals surface area (Å²) in [4.78, 5) is 23.9. The van der Waals surface area contributed by atoms with E-state index in [9.17, 15) is 23.1 Å². The third-order valence-corrected chi connectivity index (χ3v) is 4.87. The zero-order valence-corrected chi connectivity index (χ0v) is 17.9. The van der Waals surface area contributed by atoms with E-state index in [1.165, 1.54) is 19.2 Å². The van der Waals surface area contributed by atoms with Gasteiger partial charge in [0.15, 0.2) is 0 Å². The largest absolute Gasteiger partial charge is 0.543 e. The van der Waals surface area contributed by atoms with E-state index in [4.69, 9.17) is 4.74 Å². The third-order valence-electron chi connectivity index (χ3n) is 4.87. The van der Waals surface area contributed by atoms with Gasteiger partial charge in [0.05, 0.1) is 47.7 Å². The van der Waals surface area contributed by atoms with Gasteiger partial charge in [0, 0.05) is 23.5 Å². The van der Waals surface area contributed by atoms with Crippen molar-refractivity contribution in [3.63, 3.8) is 0 Å². The van der Waals surface area contributed by atoms with Gasteiger partial charge in [-0.15, -0.1) is 0 Å². The summed E-state index contributed by atoms with van der Waals surface area (Å²) in [6.07, 6.45) is -1.02. The van der Waals surface area contributed by atoms with E-state index in [0.717, 1.165) is 29.6 Å². The van der Waals surface area contributed by atoms with E-state index in [0.29, 0.717) is 11.4 Å². The van der Waals surface area contributed by atoms with Gasteiger partial charge in [0.1, 0.15) is 5.75 Å². The molecule has 0 aliphatic rings. The van der Waals surface area contributed by atoms with Crippen molar-refractivity contribution >= 4 is 17.6 Å². The van der Waals surface area contributed by atoms with E-state index >= 15 is 0 Å². The first-order chi connectivity index (χ1) is 16.1. The lowest BCUT2D eigenvalue weighted by molar-refractivity contribution is -0.255. The summed E-state index contributed by atoms with van der Waals surface area (Å²) >= 11 is 0. The number of aromatic nitrogens is 4. The van der Waals surface area contributed by atoms with Crippen LogP contribution in [0.3, 0.4) is 0 Å². The molecule has 0 bridgehead atoms. The second-order valence-corrected chi connectivity index (χ2v) is 7.26. The van der Waals surface area contributed by atoms with Gasteiger partial charge in [-0.25, -0.2) is 15.0 Å². The number of benzene rings is 2. The number of hydrogen-bond donors (Lipinski definition) is 1. The van der Waals surface area contributed by atoms with Crippen LogP contribution in [0, 0.1) is 6.92 Å². The normalized spacial score (nSPS) is 11.3. The molecule has 0 aliphatic carbocycles. The molecule has 4 rings (SSSR count). The van der Waals surface area contributed by atoms with Crippen molar-refractivity contribution in [2.45, 2.75) is 13.1 Å². The minimum Gasteiger partial charge on any atom is -0.543 e. The number of rotatable bonds is 6. The second-order valence-electron chi connectivity index (χ2n) is 7.26. The van der Waals surface area contributed by atoms with Gasteiger partial charge in [-0.3, -0.25) is 0 Å². The number of hydrogen-bond acceptors (Lipinski definition) is 7. The number of methoxy groups -OCH3 is 1. The Morgan fingerprint density at radius 2 is 1.82 bits per heavy atom. The van der Waals surface area contributed by atoms with Crippen molar-refractivity contribution in [1.29, 1.82) is 0 Å². The van der Waals surface area contributed by atoms with Crippen LogP contribution in [0.5, 0.6) is 5.75 Å². The minimum absolute atomic E-state index is 0.0788. The van der Waals surface area contributed by atoms with Crippen LogP contribution < -0.4 is 15.2 Å². The van der Waals surface area contributed by atoms with Gasteiger partial charge in [0.2, 0.25) is 5.95 Å². The number of halogens is 3. The van der Waals surface area contributed by atoms with Gasteiger partial charge in [-0.2, -0.15) is 13.2 Å². The molecule has 0 radical (unpaired) electrons. The molecular formula is C23H17F3N5O3-. The number of carboxylic acid groups (broad SMARTS) is 1. The zero-order chi connectivity index (χ0) is 24.5. The highest BCUT2D eigenvalue weighted by atomic mass is 19.4. The summed E-state index contributed by atoms with van der Waals surface area (Å²) < 4.78 is 45.8. The molecule has 2 aromatic carbocycles. The van der Waals surface area contributed by atoms with Crippen molar-refractivity contribution in [3.8, 4) is 22.7 Å². The standard InChI is InChI=1S/C23H18F3N5O3/c1-13-11-31(12-27-13)19-8-7-16(9-20(19)34-2)28-22-29-17(10-18(30-22)21(32)33)14-3-5-15(6-4-14)23(24,25)26/h3-12H,1-2H3,(H,32,33)(H,28,29,30)/p-1. The molecule has 34 heavy (non-hydrogen) atoms. The molecular weight excluding hydrogens is 451 g/mol. The number of carbonyl (C=O) groups excluding carboxylic acids is 1. The molecule has 4 aromatic rings. The second kappa shape index (κ2) is 8.85. The van der Waals surface area contributed by atoms with Gasteiger partial charge >= 0.3 is 6.18 Å². The van der Waals surface area contributed by atoms with Crippen LogP contribution in [0.4, 0.5) is 24.8 Å². The van der Waals surface area contributed by atoms with Crippen molar-refractivity contribution in [1.82, 2.24) is 19.5 Å². The molecule has 0 amide bonds.